The molecule has 1 fully saturated rings. The fourth-order valence-corrected chi connectivity index (χ4v) is 3.09. The minimum atomic E-state index is 0.506. The van der Waals surface area contributed by atoms with Gasteiger partial charge in [0.2, 0.25) is 5.95 Å². The first-order valence-electron chi connectivity index (χ1n) is 8.65. The van der Waals surface area contributed by atoms with Crippen LogP contribution in [-0.2, 0) is 0 Å². The summed E-state index contributed by atoms with van der Waals surface area (Å²) >= 11 is 0. The first-order chi connectivity index (χ1) is 11.2. The number of nitrogens with zero attached hydrogens (tertiary/aromatic N) is 2. The lowest BCUT2D eigenvalue weighted by Gasteiger charge is -2.17. The Morgan fingerprint density at radius 3 is 2.30 bits per heavy atom. The minimum absolute atomic E-state index is 0.506. The van der Waals surface area contributed by atoms with Crippen molar-refractivity contribution in [3.8, 4) is 0 Å². The zero-order valence-electron chi connectivity index (χ0n) is 14.1. The molecule has 122 valence electrons. The molecule has 3 rings (SSSR count). The van der Waals surface area contributed by atoms with E-state index in [1.54, 1.807) is 0 Å². The van der Waals surface area contributed by atoms with Crippen LogP contribution in [0.15, 0.2) is 30.3 Å². The normalized spacial score (nSPS) is 15.9. The third-order valence-electron chi connectivity index (χ3n) is 4.37. The van der Waals surface area contributed by atoms with Crippen LogP contribution in [0.2, 0.25) is 0 Å². The molecule has 0 spiro atoms. The first kappa shape index (κ1) is 15.8. The van der Waals surface area contributed by atoms with Gasteiger partial charge >= 0.3 is 0 Å². The van der Waals surface area contributed by atoms with Gasteiger partial charge in [-0.2, -0.15) is 4.98 Å². The standard InChI is InChI=1S/C19H26N4/c1-14-9-11-17(12-10-14)21-18-13-15(2)20-19(23-18)22-16-7-5-3-4-6-8-16/h9-13,16H,3-8H2,1-2H3,(H2,20,21,22,23). The van der Waals surface area contributed by atoms with Crippen LogP contribution in [0.5, 0.6) is 0 Å². The summed E-state index contributed by atoms with van der Waals surface area (Å²) in [7, 11) is 0. The summed E-state index contributed by atoms with van der Waals surface area (Å²) in [5, 5.41) is 6.91. The Morgan fingerprint density at radius 2 is 1.61 bits per heavy atom. The molecule has 1 aliphatic rings. The predicted molar refractivity (Wildman–Crippen MR) is 96.3 cm³/mol. The molecule has 0 bridgehead atoms. The number of nitrogens with one attached hydrogen (secondary N) is 2. The Hall–Kier alpha value is -2.10. The molecule has 2 N–H and O–H groups in total. The lowest BCUT2D eigenvalue weighted by molar-refractivity contribution is 0.614. The SMILES string of the molecule is Cc1ccc(Nc2cc(C)nc(NC3CCCCCC3)n2)cc1. The molecule has 0 aliphatic heterocycles. The average Bonchev–Trinajstić information content (AvgIpc) is 2.78. The third kappa shape index (κ3) is 4.68. The van der Waals surface area contributed by atoms with Crippen LogP contribution in [-0.4, -0.2) is 16.0 Å². The number of hydrogen-bond acceptors (Lipinski definition) is 4. The van der Waals surface area contributed by atoms with E-state index in [2.05, 4.69) is 51.8 Å². The smallest absolute Gasteiger partial charge is 0.225 e. The van der Waals surface area contributed by atoms with Crippen molar-refractivity contribution in [1.29, 1.82) is 0 Å². The molecule has 1 aliphatic carbocycles. The maximum Gasteiger partial charge on any atom is 0.225 e. The Bertz CT molecular complexity index is 628. The molecule has 4 nitrogen and oxygen atoms in total. The highest BCUT2D eigenvalue weighted by Gasteiger charge is 2.13. The van der Waals surface area contributed by atoms with E-state index in [-0.39, 0.29) is 0 Å². The number of anilines is 3. The highest BCUT2D eigenvalue weighted by atomic mass is 15.2. The molecule has 0 amide bonds. The zero-order valence-corrected chi connectivity index (χ0v) is 14.1. The van der Waals surface area contributed by atoms with E-state index in [1.807, 2.05) is 13.0 Å². The molecule has 0 unspecified atom stereocenters. The molecule has 2 aromatic rings. The topological polar surface area (TPSA) is 49.8 Å². The van der Waals surface area contributed by atoms with Gasteiger partial charge < -0.3 is 10.6 Å². The van der Waals surface area contributed by atoms with Crippen molar-refractivity contribution in [2.75, 3.05) is 10.6 Å². The zero-order chi connectivity index (χ0) is 16.1. The summed E-state index contributed by atoms with van der Waals surface area (Å²) in [4.78, 5) is 9.19. The molecular weight excluding hydrogens is 284 g/mol. The van der Waals surface area contributed by atoms with E-state index in [4.69, 9.17) is 0 Å². The third-order valence-corrected chi connectivity index (χ3v) is 4.37. The average molecular weight is 310 g/mol. The van der Waals surface area contributed by atoms with Crippen LogP contribution >= 0.6 is 0 Å². The largest absolute Gasteiger partial charge is 0.351 e. The summed E-state index contributed by atoms with van der Waals surface area (Å²) < 4.78 is 0. The number of aryl methyl sites for hydroxylation is 2. The summed E-state index contributed by atoms with van der Waals surface area (Å²) in [6.07, 6.45) is 7.76. The molecule has 1 aromatic heterocycles. The summed E-state index contributed by atoms with van der Waals surface area (Å²) in [5.74, 6) is 1.59. The Morgan fingerprint density at radius 1 is 0.913 bits per heavy atom. The van der Waals surface area contributed by atoms with E-state index in [1.165, 1.54) is 44.1 Å². The van der Waals surface area contributed by atoms with Crippen molar-refractivity contribution in [2.45, 2.75) is 58.4 Å². The first-order valence-corrected chi connectivity index (χ1v) is 8.65. The summed E-state index contributed by atoms with van der Waals surface area (Å²) in [5.41, 5.74) is 3.28. The van der Waals surface area contributed by atoms with E-state index < -0.39 is 0 Å². The summed E-state index contributed by atoms with van der Waals surface area (Å²) in [6.45, 7) is 4.10. The van der Waals surface area contributed by atoms with Gasteiger partial charge in [0.1, 0.15) is 5.82 Å². The van der Waals surface area contributed by atoms with Crippen molar-refractivity contribution in [1.82, 2.24) is 9.97 Å². The van der Waals surface area contributed by atoms with Gasteiger partial charge in [-0.15, -0.1) is 0 Å². The highest BCUT2D eigenvalue weighted by molar-refractivity contribution is 5.57. The van der Waals surface area contributed by atoms with Crippen molar-refractivity contribution in [3.63, 3.8) is 0 Å². The van der Waals surface area contributed by atoms with Crippen LogP contribution in [0.3, 0.4) is 0 Å². The van der Waals surface area contributed by atoms with E-state index in [0.29, 0.717) is 6.04 Å². The molecule has 0 radical (unpaired) electrons. The van der Waals surface area contributed by atoms with Crippen molar-refractivity contribution in [3.05, 3.63) is 41.6 Å². The quantitative estimate of drug-likeness (QED) is 0.783. The van der Waals surface area contributed by atoms with E-state index in [0.717, 1.165) is 23.1 Å². The fourth-order valence-electron chi connectivity index (χ4n) is 3.09. The minimum Gasteiger partial charge on any atom is -0.351 e. The number of rotatable bonds is 4. The lowest BCUT2D eigenvalue weighted by Crippen LogP contribution is -2.20. The Labute approximate surface area is 138 Å². The van der Waals surface area contributed by atoms with E-state index in [9.17, 15) is 0 Å². The van der Waals surface area contributed by atoms with Gasteiger partial charge in [0.15, 0.2) is 0 Å². The second-order valence-corrected chi connectivity index (χ2v) is 6.54. The van der Waals surface area contributed by atoms with Crippen molar-refractivity contribution in [2.24, 2.45) is 0 Å². The van der Waals surface area contributed by atoms with Gasteiger partial charge in [-0.1, -0.05) is 43.4 Å². The number of hydrogen-bond donors (Lipinski definition) is 2. The highest BCUT2D eigenvalue weighted by Crippen LogP contribution is 2.22. The van der Waals surface area contributed by atoms with Crippen molar-refractivity contribution >= 4 is 17.5 Å². The maximum absolute atomic E-state index is 4.64. The van der Waals surface area contributed by atoms with Crippen LogP contribution in [0.25, 0.3) is 0 Å². The molecule has 23 heavy (non-hydrogen) atoms. The van der Waals surface area contributed by atoms with Gasteiger partial charge in [-0.25, -0.2) is 4.98 Å². The van der Waals surface area contributed by atoms with Gasteiger partial charge in [-0.3, -0.25) is 0 Å². The van der Waals surface area contributed by atoms with Crippen molar-refractivity contribution < 1.29 is 0 Å². The van der Waals surface area contributed by atoms with Crippen LogP contribution in [0.1, 0.15) is 49.8 Å². The molecule has 1 heterocycles. The second-order valence-electron chi connectivity index (χ2n) is 6.54. The molecule has 1 saturated carbocycles. The monoisotopic (exact) mass is 310 g/mol. The van der Waals surface area contributed by atoms with E-state index >= 15 is 0 Å². The summed E-state index contributed by atoms with van der Waals surface area (Å²) in [6, 6.07) is 10.8. The molecular formula is C19H26N4. The lowest BCUT2D eigenvalue weighted by atomic mass is 10.1. The number of benzene rings is 1. The molecule has 0 atom stereocenters. The van der Waals surface area contributed by atoms with Crippen LogP contribution in [0.4, 0.5) is 17.5 Å². The van der Waals surface area contributed by atoms with Crippen LogP contribution < -0.4 is 10.6 Å². The Kier molecular flexibility index (Phi) is 5.11. The second kappa shape index (κ2) is 7.44. The van der Waals surface area contributed by atoms with Gasteiger partial charge in [-0.05, 0) is 38.8 Å². The van der Waals surface area contributed by atoms with Crippen LogP contribution in [0, 0.1) is 13.8 Å². The Balaban J connectivity index is 1.71. The predicted octanol–water partition coefficient (Wildman–Crippen LogP) is 4.97. The number of aromatic nitrogens is 2. The molecule has 1 aromatic carbocycles. The fraction of sp³-hybridized carbons (Fsp3) is 0.474. The van der Waals surface area contributed by atoms with Gasteiger partial charge in [0, 0.05) is 23.5 Å². The van der Waals surface area contributed by atoms with Gasteiger partial charge in [0.05, 0.1) is 0 Å². The molecule has 0 saturated heterocycles. The van der Waals surface area contributed by atoms with Gasteiger partial charge in [0.25, 0.3) is 0 Å². The molecule has 4 heteroatoms. The maximum atomic E-state index is 4.64.